The molecule has 0 amide bonds. The molecule has 1 aliphatic rings. The van der Waals surface area contributed by atoms with Gasteiger partial charge in [0.25, 0.3) is 0 Å². The van der Waals surface area contributed by atoms with Crippen molar-refractivity contribution in [2.75, 3.05) is 6.54 Å². The fraction of sp³-hybridized carbons (Fsp3) is 0.471. The number of hydrogen-bond acceptors (Lipinski definition) is 3. The molecule has 2 N–H and O–H groups in total. The van der Waals surface area contributed by atoms with E-state index >= 15 is 0 Å². The van der Waals surface area contributed by atoms with Crippen molar-refractivity contribution in [2.24, 2.45) is 5.73 Å². The summed E-state index contributed by atoms with van der Waals surface area (Å²) in [4.78, 5) is 7.00. The molecule has 0 spiro atoms. The van der Waals surface area contributed by atoms with E-state index < -0.39 is 0 Å². The first-order chi connectivity index (χ1) is 9.75. The van der Waals surface area contributed by atoms with E-state index in [4.69, 9.17) is 5.73 Å². The average Bonchev–Trinajstić information content (AvgIpc) is 2.48. The quantitative estimate of drug-likeness (QED) is 0.931. The Kier molecular flexibility index (Phi) is 3.99. The predicted octanol–water partition coefficient (Wildman–Crippen LogP) is 2.94. The number of benzene rings is 1. The van der Waals surface area contributed by atoms with Gasteiger partial charge in [-0.25, -0.2) is 0 Å². The monoisotopic (exact) mass is 269 g/mol. The van der Waals surface area contributed by atoms with E-state index in [1.165, 1.54) is 30.2 Å². The van der Waals surface area contributed by atoms with Crippen molar-refractivity contribution in [1.82, 2.24) is 9.88 Å². The van der Waals surface area contributed by atoms with Gasteiger partial charge in [-0.15, -0.1) is 0 Å². The molecule has 2 unspecified atom stereocenters. The topological polar surface area (TPSA) is 42.1 Å². The first kappa shape index (κ1) is 13.5. The minimum atomic E-state index is 0.239. The van der Waals surface area contributed by atoms with Crippen molar-refractivity contribution in [3.05, 3.63) is 42.1 Å². The second kappa shape index (κ2) is 5.90. The Morgan fingerprint density at radius 2 is 2.15 bits per heavy atom. The lowest BCUT2D eigenvalue weighted by atomic mass is 9.96. The summed E-state index contributed by atoms with van der Waals surface area (Å²) >= 11 is 0. The van der Waals surface area contributed by atoms with Crippen molar-refractivity contribution in [3.63, 3.8) is 0 Å². The van der Waals surface area contributed by atoms with Crippen molar-refractivity contribution in [1.29, 1.82) is 0 Å². The smallest absolute Gasteiger partial charge is 0.0705 e. The summed E-state index contributed by atoms with van der Waals surface area (Å²) in [7, 11) is 0. The lowest BCUT2D eigenvalue weighted by molar-refractivity contribution is 0.123. The zero-order chi connectivity index (χ0) is 13.9. The summed E-state index contributed by atoms with van der Waals surface area (Å²) in [6.45, 7) is 4.27. The average molecular weight is 269 g/mol. The molecule has 20 heavy (non-hydrogen) atoms. The van der Waals surface area contributed by atoms with Gasteiger partial charge < -0.3 is 5.73 Å². The first-order valence-corrected chi connectivity index (χ1v) is 7.58. The fourth-order valence-corrected chi connectivity index (χ4v) is 3.32. The summed E-state index contributed by atoms with van der Waals surface area (Å²) in [5, 5.41) is 1.27. The van der Waals surface area contributed by atoms with E-state index in [-0.39, 0.29) is 6.04 Å². The number of likely N-dealkylation sites (tertiary alicyclic amines) is 1. The highest BCUT2D eigenvalue weighted by Crippen LogP contribution is 2.24. The summed E-state index contributed by atoms with van der Waals surface area (Å²) in [5.41, 5.74) is 8.62. The van der Waals surface area contributed by atoms with Gasteiger partial charge in [0, 0.05) is 30.2 Å². The van der Waals surface area contributed by atoms with Crippen LogP contribution in [0, 0.1) is 0 Å². The number of para-hydroxylation sites is 1. The molecule has 3 heteroatoms. The summed E-state index contributed by atoms with van der Waals surface area (Å²) in [5.74, 6) is 0. The Morgan fingerprint density at radius 1 is 1.30 bits per heavy atom. The number of fused-ring (bicyclic) bond motifs is 1. The van der Waals surface area contributed by atoms with Crippen LogP contribution >= 0.6 is 0 Å². The van der Waals surface area contributed by atoms with Crippen LogP contribution in [0.25, 0.3) is 10.9 Å². The highest BCUT2D eigenvalue weighted by atomic mass is 15.2. The molecule has 2 heterocycles. The molecule has 3 rings (SSSR count). The third-order valence-corrected chi connectivity index (χ3v) is 4.38. The number of rotatable bonds is 3. The third kappa shape index (κ3) is 2.69. The van der Waals surface area contributed by atoms with Gasteiger partial charge in [0.2, 0.25) is 0 Å². The van der Waals surface area contributed by atoms with Crippen LogP contribution in [0.5, 0.6) is 0 Å². The van der Waals surface area contributed by atoms with Gasteiger partial charge in [0.05, 0.1) is 5.52 Å². The van der Waals surface area contributed by atoms with Crippen LogP contribution in [0.1, 0.15) is 31.7 Å². The van der Waals surface area contributed by atoms with E-state index in [0.717, 1.165) is 18.6 Å². The highest BCUT2D eigenvalue weighted by molar-refractivity contribution is 5.81. The van der Waals surface area contributed by atoms with Gasteiger partial charge in [0.1, 0.15) is 0 Å². The van der Waals surface area contributed by atoms with Crippen LogP contribution < -0.4 is 5.73 Å². The molecule has 0 bridgehead atoms. The Hall–Kier alpha value is -1.45. The van der Waals surface area contributed by atoms with Crippen molar-refractivity contribution in [2.45, 2.75) is 44.8 Å². The molecule has 106 valence electrons. The SMILES string of the molecule is CC(N)C1CCCCN1Cc1ccnc2ccccc12. The second-order valence-electron chi connectivity index (χ2n) is 5.88. The molecule has 1 saturated heterocycles. The molecule has 2 atom stereocenters. The lowest BCUT2D eigenvalue weighted by Crippen LogP contribution is -2.48. The first-order valence-electron chi connectivity index (χ1n) is 7.58. The standard InChI is InChI=1S/C17H23N3/c1-13(18)17-8-4-5-11-20(17)12-14-9-10-19-16-7-3-2-6-15(14)16/h2-3,6-7,9-10,13,17H,4-5,8,11-12,18H2,1H3. The number of hydrogen-bond donors (Lipinski definition) is 1. The largest absolute Gasteiger partial charge is 0.327 e. The fourth-order valence-electron chi connectivity index (χ4n) is 3.32. The van der Waals surface area contributed by atoms with Gasteiger partial charge in [-0.1, -0.05) is 24.6 Å². The Morgan fingerprint density at radius 3 is 3.00 bits per heavy atom. The minimum absolute atomic E-state index is 0.239. The zero-order valence-electron chi connectivity index (χ0n) is 12.1. The normalized spacial score (nSPS) is 22.0. The maximum Gasteiger partial charge on any atom is 0.0705 e. The molecule has 1 aliphatic heterocycles. The molecular formula is C17H23N3. The van der Waals surface area contributed by atoms with E-state index in [9.17, 15) is 0 Å². The Bertz CT molecular complexity index is 574. The molecule has 1 aromatic carbocycles. The van der Waals surface area contributed by atoms with E-state index in [0.29, 0.717) is 6.04 Å². The molecule has 1 aromatic heterocycles. The van der Waals surface area contributed by atoms with E-state index in [1.54, 1.807) is 0 Å². The van der Waals surface area contributed by atoms with E-state index in [1.807, 2.05) is 12.3 Å². The molecular weight excluding hydrogens is 246 g/mol. The lowest BCUT2D eigenvalue weighted by Gasteiger charge is -2.38. The Balaban J connectivity index is 1.88. The van der Waals surface area contributed by atoms with Gasteiger partial charge in [-0.2, -0.15) is 0 Å². The summed E-state index contributed by atoms with van der Waals surface area (Å²) < 4.78 is 0. The number of piperidine rings is 1. The molecule has 3 nitrogen and oxygen atoms in total. The van der Waals surface area contributed by atoms with Crippen LogP contribution in [-0.4, -0.2) is 28.5 Å². The van der Waals surface area contributed by atoms with Crippen molar-refractivity contribution < 1.29 is 0 Å². The summed E-state index contributed by atoms with van der Waals surface area (Å²) in [6.07, 6.45) is 5.73. The number of pyridine rings is 1. The van der Waals surface area contributed by atoms with Crippen LogP contribution in [0.2, 0.25) is 0 Å². The number of nitrogens with zero attached hydrogens (tertiary/aromatic N) is 2. The molecule has 2 aromatic rings. The van der Waals surface area contributed by atoms with Gasteiger partial charge in [0.15, 0.2) is 0 Å². The maximum atomic E-state index is 6.17. The molecule has 0 saturated carbocycles. The molecule has 0 radical (unpaired) electrons. The minimum Gasteiger partial charge on any atom is -0.327 e. The number of aromatic nitrogens is 1. The molecule has 0 aliphatic carbocycles. The second-order valence-corrected chi connectivity index (χ2v) is 5.88. The Labute approximate surface area is 120 Å². The maximum absolute atomic E-state index is 6.17. The number of nitrogens with two attached hydrogens (primary N) is 1. The van der Waals surface area contributed by atoms with E-state index in [2.05, 4.69) is 41.1 Å². The van der Waals surface area contributed by atoms with Crippen LogP contribution in [0.15, 0.2) is 36.5 Å². The molecule has 1 fully saturated rings. The summed E-state index contributed by atoms with van der Waals surface area (Å²) in [6, 6.07) is 11.3. The van der Waals surface area contributed by atoms with Gasteiger partial charge in [-0.05, 0) is 44.0 Å². The van der Waals surface area contributed by atoms with Crippen LogP contribution in [-0.2, 0) is 6.54 Å². The highest BCUT2D eigenvalue weighted by Gasteiger charge is 2.25. The zero-order valence-corrected chi connectivity index (χ0v) is 12.1. The van der Waals surface area contributed by atoms with Crippen LogP contribution in [0.3, 0.4) is 0 Å². The van der Waals surface area contributed by atoms with Gasteiger partial charge >= 0.3 is 0 Å². The predicted molar refractivity (Wildman–Crippen MR) is 83.4 cm³/mol. The van der Waals surface area contributed by atoms with Crippen molar-refractivity contribution in [3.8, 4) is 0 Å². The van der Waals surface area contributed by atoms with Crippen molar-refractivity contribution >= 4 is 10.9 Å². The van der Waals surface area contributed by atoms with Gasteiger partial charge in [-0.3, -0.25) is 9.88 Å². The van der Waals surface area contributed by atoms with Crippen LogP contribution in [0.4, 0.5) is 0 Å². The third-order valence-electron chi connectivity index (χ3n) is 4.38.